The van der Waals surface area contributed by atoms with Gasteiger partial charge in [0.2, 0.25) is 0 Å². The van der Waals surface area contributed by atoms with E-state index in [2.05, 4.69) is 5.92 Å². The van der Waals surface area contributed by atoms with E-state index in [1.165, 1.54) is 0 Å². The van der Waals surface area contributed by atoms with Crippen molar-refractivity contribution >= 4 is 23.8 Å². The second-order valence-corrected chi connectivity index (χ2v) is 6.87. The van der Waals surface area contributed by atoms with Crippen molar-refractivity contribution in [2.75, 3.05) is 7.11 Å². The van der Waals surface area contributed by atoms with Crippen molar-refractivity contribution in [1.29, 1.82) is 0 Å². The van der Waals surface area contributed by atoms with Crippen LogP contribution in [0.4, 0.5) is 4.79 Å². The number of terminal acetylenes is 1. The highest BCUT2D eigenvalue weighted by atomic mass is 16.8. The van der Waals surface area contributed by atoms with Gasteiger partial charge in [-0.25, -0.2) is 4.79 Å². The lowest BCUT2D eigenvalue weighted by Crippen LogP contribution is -2.36. The van der Waals surface area contributed by atoms with Crippen LogP contribution in [0.25, 0.3) is 0 Å². The van der Waals surface area contributed by atoms with Crippen LogP contribution in [0.15, 0.2) is 18.2 Å². The van der Waals surface area contributed by atoms with E-state index in [4.69, 9.17) is 20.7 Å². The van der Waals surface area contributed by atoms with Crippen molar-refractivity contribution in [3.05, 3.63) is 29.3 Å². The Hall–Kier alpha value is -3.34. The van der Waals surface area contributed by atoms with Gasteiger partial charge in [0.25, 0.3) is 11.8 Å². The summed E-state index contributed by atoms with van der Waals surface area (Å²) in [6.07, 6.45) is 4.99. The second kappa shape index (κ2) is 8.78. The van der Waals surface area contributed by atoms with Gasteiger partial charge >= 0.3 is 6.16 Å². The molecular formula is C21H21NO7. The van der Waals surface area contributed by atoms with E-state index in [1.54, 1.807) is 25.3 Å². The summed E-state index contributed by atoms with van der Waals surface area (Å²) < 4.78 is 10.6. The van der Waals surface area contributed by atoms with Crippen LogP contribution >= 0.6 is 0 Å². The highest BCUT2D eigenvalue weighted by Gasteiger charge is 2.40. The Balaban J connectivity index is 1.72. The number of amides is 2. The molecule has 2 aliphatic rings. The molecule has 0 saturated carbocycles. The van der Waals surface area contributed by atoms with Crippen molar-refractivity contribution < 1.29 is 33.5 Å². The lowest BCUT2D eigenvalue weighted by atomic mass is 9.94. The molecule has 3 rings (SSSR count). The van der Waals surface area contributed by atoms with Gasteiger partial charge in [0.1, 0.15) is 11.9 Å². The van der Waals surface area contributed by atoms with E-state index in [0.29, 0.717) is 42.1 Å². The van der Waals surface area contributed by atoms with Gasteiger partial charge in [-0.05, 0) is 43.0 Å². The number of nitrogens with zero attached hydrogens (tertiary/aromatic N) is 1. The third kappa shape index (κ3) is 4.40. The Morgan fingerprint density at radius 1 is 1.28 bits per heavy atom. The molecule has 1 aliphatic heterocycles. The van der Waals surface area contributed by atoms with Crippen molar-refractivity contribution in [1.82, 2.24) is 5.06 Å². The van der Waals surface area contributed by atoms with E-state index in [1.807, 2.05) is 0 Å². The Morgan fingerprint density at radius 3 is 2.66 bits per heavy atom. The number of benzene rings is 1. The predicted octanol–water partition coefficient (Wildman–Crippen LogP) is 2.44. The molecule has 152 valence electrons. The Kier molecular flexibility index (Phi) is 6.17. The molecule has 29 heavy (non-hydrogen) atoms. The molecule has 0 aromatic heterocycles. The minimum atomic E-state index is -1.19. The Bertz CT molecular complexity index is 870. The van der Waals surface area contributed by atoms with Gasteiger partial charge in [0, 0.05) is 24.8 Å². The molecule has 2 unspecified atom stereocenters. The van der Waals surface area contributed by atoms with Crippen LogP contribution in [0.5, 0.6) is 5.75 Å². The largest absolute Gasteiger partial charge is 0.534 e. The summed E-state index contributed by atoms with van der Waals surface area (Å²) in [6, 6.07) is 5.17. The summed E-state index contributed by atoms with van der Waals surface area (Å²) in [4.78, 5) is 53.1. The number of methoxy groups -OCH3 is 1. The molecule has 1 saturated heterocycles. The van der Waals surface area contributed by atoms with Gasteiger partial charge < -0.3 is 9.47 Å². The van der Waals surface area contributed by atoms with Crippen molar-refractivity contribution in [2.24, 2.45) is 5.92 Å². The van der Waals surface area contributed by atoms with E-state index in [9.17, 15) is 19.2 Å². The van der Waals surface area contributed by atoms with Crippen LogP contribution < -0.4 is 4.74 Å². The van der Waals surface area contributed by atoms with Gasteiger partial charge in [0.05, 0.1) is 13.0 Å². The highest BCUT2D eigenvalue weighted by Crippen LogP contribution is 2.34. The van der Waals surface area contributed by atoms with Gasteiger partial charge in [-0.1, -0.05) is 5.06 Å². The van der Waals surface area contributed by atoms with Crippen molar-refractivity contribution in [2.45, 2.75) is 44.6 Å². The molecule has 1 aliphatic carbocycles. The number of imide groups is 1. The van der Waals surface area contributed by atoms with Crippen LogP contribution in [0.3, 0.4) is 0 Å². The van der Waals surface area contributed by atoms with Gasteiger partial charge in [-0.2, -0.15) is 0 Å². The fraction of sp³-hybridized carbons (Fsp3) is 0.429. The first-order valence-corrected chi connectivity index (χ1v) is 9.33. The van der Waals surface area contributed by atoms with Crippen molar-refractivity contribution in [3.8, 4) is 18.1 Å². The highest BCUT2D eigenvalue weighted by molar-refractivity contribution is 6.03. The molecule has 8 nitrogen and oxygen atoms in total. The SMILES string of the molecule is C#CCCCC(OC(=O)ON1C(=O)CCC1=O)C1Cc2cc(OC)ccc2C1=O. The number of unbranched alkanes of at least 4 members (excludes halogenated alkanes) is 1. The standard InChI is InChI=1S/C21H21NO7/c1-3-4-5-6-17(28-21(26)29-22-18(23)9-10-19(22)24)16-12-13-11-14(27-2)7-8-15(13)20(16)25/h1,7-8,11,16-17H,4-6,9-10,12H2,2H3. The average Bonchev–Trinajstić information content (AvgIpc) is 3.20. The Morgan fingerprint density at radius 2 is 2.00 bits per heavy atom. The topological polar surface area (TPSA) is 99.2 Å². The number of ether oxygens (including phenoxy) is 2. The van der Waals surface area contributed by atoms with Crippen LogP contribution in [-0.2, 0) is 25.6 Å². The normalized spacial score (nSPS) is 19.0. The molecule has 8 heteroatoms. The number of hydroxylamine groups is 2. The number of carbonyl (C=O) groups is 4. The van der Waals surface area contributed by atoms with E-state index < -0.39 is 30.0 Å². The van der Waals surface area contributed by atoms with Crippen LogP contribution in [0.2, 0.25) is 0 Å². The molecule has 0 spiro atoms. The molecule has 1 heterocycles. The van der Waals surface area contributed by atoms with Gasteiger partial charge in [0.15, 0.2) is 5.78 Å². The average molecular weight is 399 g/mol. The third-order valence-corrected chi connectivity index (χ3v) is 5.03. The lowest BCUT2D eigenvalue weighted by Gasteiger charge is -2.23. The van der Waals surface area contributed by atoms with Crippen LogP contribution in [0.1, 0.15) is 48.0 Å². The molecule has 0 radical (unpaired) electrons. The number of hydrogen-bond acceptors (Lipinski definition) is 7. The zero-order valence-electron chi connectivity index (χ0n) is 16.0. The van der Waals surface area contributed by atoms with Gasteiger partial charge in [-0.3, -0.25) is 19.2 Å². The summed E-state index contributed by atoms with van der Waals surface area (Å²) in [5.41, 5.74) is 1.36. The smallest absolute Gasteiger partial charge is 0.497 e. The second-order valence-electron chi connectivity index (χ2n) is 6.87. The van der Waals surface area contributed by atoms with E-state index in [-0.39, 0.29) is 18.6 Å². The number of hydrogen-bond donors (Lipinski definition) is 0. The third-order valence-electron chi connectivity index (χ3n) is 5.03. The number of rotatable bonds is 7. The number of Topliss-reactive ketones (excluding diaryl/α,β-unsaturated/α-hetero) is 1. The monoisotopic (exact) mass is 399 g/mol. The van der Waals surface area contributed by atoms with Crippen LogP contribution in [0, 0.1) is 18.3 Å². The molecule has 2 amide bonds. The Labute approximate surface area is 168 Å². The van der Waals surface area contributed by atoms with Crippen LogP contribution in [-0.4, -0.2) is 42.0 Å². The minimum absolute atomic E-state index is 0.0179. The molecule has 1 fully saturated rings. The zero-order valence-corrected chi connectivity index (χ0v) is 16.0. The maximum atomic E-state index is 12.9. The quantitative estimate of drug-likeness (QED) is 0.300. The maximum Gasteiger partial charge on any atom is 0.534 e. The number of carbonyl (C=O) groups excluding carboxylic acids is 4. The summed E-state index contributed by atoms with van der Waals surface area (Å²) >= 11 is 0. The molecule has 1 aromatic carbocycles. The number of ketones is 1. The fourth-order valence-electron chi connectivity index (χ4n) is 3.56. The minimum Gasteiger partial charge on any atom is -0.497 e. The van der Waals surface area contributed by atoms with Gasteiger partial charge in [-0.15, -0.1) is 12.3 Å². The predicted molar refractivity (Wildman–Crippen MR) is 99.6 cm³/mol. The first kappa shape index (κ1) is 20.4. The fourth-order valence-corrected chi connectivity index (χ4v) is 3.56. The molecule has 2 atom stereocenters. The first-order chi connectivity index (χ1) is 13.9. The molecule has 0 N–H and O–H groups in total. The van der Waals surface area contributed by atoms with E-state index >= 15 is 0 Å². The first-order valence-electron chi connectivity index (χ1n) is 9.33. The summed E-state index contributed by atoms with van der Waals surface area (Å²) in [7, 11) is 1.54. The van der Waals surface area contributed by atoms with E-state index in [0.717, 1.165) is 5.56 Å². The van der Waals surface area contributed by atoms with Crippen molar-refractivity contribution in [3.63, 3.8) is 0 Å². The zero-order chi connectivity index (χ0) is 21.0. The maximum absolute atomic E-state index is 12.9. The summed E-state index contributed by atoms with van der Waals surface area (Å²) in [5, 5.41) is 0.414. The molecule has 1 aromatic rings. The molecular weight excluding hydrogens is 378 g/mol. The summed E-state index contributed by atoms with van der Waals surface area (Å²) in [6.45, 7) is 0. The number of fused-ring (bicyclic) bond motifs is 1. The lowest BCUT2D eigenvalue weighted by molar-refractivity contribution is -0.179. The summed E-state index contributed by atoms with van der Waals surface area (Å²) in [5.74, 6) is 1.18. The molecule has 0 bridgehead atoms.